The summed E-state index contributed by atoms with van der Waals surface area (Å²) >= 11 is 3.04. The number of carbonyl (C=O) groups excluding carboxylic acids is 2. The van der Waals surface area contributed by atoms with Crippen molar-refractivity contribution in [1.29, 1.82) is 0 Å². The van der Waals surface area contributed by atoms with Gasteiger partial charge in [-0.15, -0.1) is 22.7 Å². The lowest BCUT2D eigenvalue weighted by atomic mass is 10.0. The maximum Gasteiger partial charge on any atom is 0.262 e. The lowest BCUT2D eigenvalue weighted by Crippen LogP contribution is -2.48. The van der Waals surface area contributed by atoms with Crippen LogP contribution < -0.4 is 10.6 Å². The minimum Gasteiger partial charge on any atom is -0.361 e. The van der Waals surface area contributed by atoms with Crippen LogP contribution in [-0.4, -0.2) is 29.4 Å². The Morgan fingerprint density at radius 1 is 1.00 bits per heavy atom. The molecular weight excluding hydrogens is 402 g/mol. The first-order valence-electron chi connectivity index (χ1n) is 9.40. The van der Waals surface area contributed by atoms with Gasteiger partial charge in [0.15, 0.2) is 0 Å². The number of hydrogen-bond acceptors (Lipinski definition) is 4. The van der Waals surface area contributed by atoms with Gasteiger partial charge in [-0.2, -0.15) is 0 Å². The number of amides is 2. The summed E-state index contributed by atoms with van der Waals surface area (Å²) in [6.45, 7) is 0.540. The molecule has 148 valence electrons. The second-order valence-corrected chi connectivity index (χ2v) is 8.67. The minimum absolute atomic E-state index is 0.170. The topological polar surface area (TPSA) is 74.0 Å². The maximum atomic E-state index is 12.9. The average molecular weight is 424 g/mol. The summed E-state index contributed by atoms with van der Waals surface area (Å²) in [6.07, 6.45) is 3.11. The minimum atomic E-state index is -0.646. The highest BCUT2D eigenvalue weighted by molar-refractivity contribution is 7.12. The molecule has 0 saturated heterocycles. The van der Waals surface area contributed by atoms with Crippen LogP contribution in [0.4, 0.5) is 0 Å². The summed E-state index contributed by atoms with van der Waals surface area (Å²) in [5.74, 6) is -0.394. The Kier molecular flexibility index (Phi) is 6.07. The summed E-state index contributed by atoms with van der Waals surface area (Å²) in [6, 6.07) is 15.0. The number of hydrogen-bond donors (Lipinski definition) is 3. The standard InChI is InChI=1S/C22H21N3O2S2/c26-21(23-10-9-16-5-3-11-28-16)19(25-22(27)20-8-4-12-29-20)13-15-14-24-18-7-2-1-6-17(15)18/h1-8,11-12,14,19,24H,9-10,13H2,(H,23,26)(H,25,27)/t19-/m0/s1. The van der Waals surface area contributed by atoms with E-state index in [4.69, 9.17) is 0 Å². The van der Waals surface area contributed by atoms with Crippen LogP contribution in [-0.2, 0) is 17.6 Å². The highest BCUT2D eigenvalue weighted by Gasteiger charge is 2.23. The van der Waals surface area contributed by atoms with Crippen LogP contribution in [0.2, 0.25) is 0 Å². The Balaban J connectivity index is 1.48. The van der Waals surface area contributed by atoms with Crippen molar-refractivity contribution in [3.05, 3.63) is 80.8 Å². The summed E-state index contributed by atoms with van der Waals surface area (Å²) in [5.41, 5.74) is 2.02. The summed E-state index contributed by atoms with van der Waals surface area (Å²) in [7, 11) is 0. The number of benzene rings is 1. The number of rotatable bonds is 8. The Morgan fingerprint density at radius 2 is 1.83 bits per heavy atom. The van der Waals surface area contributed by atoms with E-state index in [1.54, 1.807) is 17.4 Å². The van der Waals surface area contributed by atoms with Crippen molar-refractivity contribution in [1.82, 2.24) is 15.6 Å². The van der Waals surface area contributed by atoms with Crippen molar-refractivity contribution < 1.29 is 9.59 Å². The number of nitrogens with one attached hydrogen (secondary N) is 3. The molecular formula is C22H21N3O2S2. The number of thiophene rings is 2. The molecule has 0 spiro atoms. The van der Waals surface area contributed by atoms with Crippen LogP contribution in [0.25, 0.3) is 10.9 Å². The first kappa shape index (κ1) is 19.4. The zero-order chi connectivity index (χ0) is 20.1. The van der Waals surface area contributed by atoms with Gasteiger partial charge in [0.2, 0.25) is 5.91 Å². The molecule has 0 saturated carbocycles. The summed E-state index contributed by atoms with van der Waals surface area (Å²) < 4.78 is 0. The Labute approximate surface area is 176 Å². The molecule has 0 aliphatic heterocycles. The molecule has 3 N–H and O–H groups in total. The first-order valence-corrected chi connectivity index (χ1v) is 11.2. The smallest absolute Gasteiger partial charge is 0.262 e. The SMILES string of the molecule is O=C(N[C@@H](Cc1c[nH]c2ccccc12)C(=O)NCCc1cccs1)c1cccs1. The third-order valence-electron chi connectivity index (χ3n) is 4.72. The quantitative estimate of drug-likeness (QED) is 0.401. The Hall–Kier alpha value is -2.90. The fraction of sp³-hybridized carbons (Fsp3) is 0.182. The van der Waals surface area contributed by atoms with E-state index in [0.29, 0.717) is 17.8 Å². The van der Waals surface area contributed by atoms with Gasteiger partial charge in [-0.05, 0) is 40.9 Å². The number of fused-ring (bicyclic) bond motifs is 1. The molecule has 4 aromatic rings. The van der Waals surface area contributed by atoms with E-state index < -0.39 is 6.04 Å². The van der Waals surface area contributed by atoms with Crippen molar-refractivity contribution in [2.45, 2.75) is 18.9 Å². The normalized spacial score (nSPS) is 12.0. The van der Waals surface area contributed by atoms with Crippen LogP contribution in [0.3, 0.4) is 0 Å². The van der Waals surface area contributed by atoms with Gasteiger partial charge in [0.25, 0.3) is 5.91 Å². The molecule has 0 aliphatic rings. The van der Waals surface area contributed by atoms with Crippen LogP contribution in [0.1, 0.15) is 20.1 Å². The van der Waals surface area contributed by atoms with Crippen LogP contribution in [0.5, 0.6) is 0 Å². The molecule has 0 bridgehead atoms. The summed E-state index contributed by atoms with van der Waals surface area (Å²) in [5, 5.41) is 10.8. The van der Waals surface area contributed by atoms with Gasteiger partial charge < -0.3 is 15.6 Å². The molecule has 0 aliphatic carbocycles. The van der Waals surface area contributed by atoms with E-state index in [9.17, 15) is 9.59 Å². The molecule has 3 aromatic heterocycles. The Bertz CT molecular complexity index is 1080. The second-order valence-electron chi connectivity index (χ2n) is 6.69. The predicted octanol–water partition coefficient (Wildman–Crippen LogP) is 3.99. The second kappa shape index (κ2) is 9.07. The molecule has 3 heterocycles. The third kappa shape index (κ3) is 4.75. The molecule has 5 nitrogen and oxygen atoms in total. The van der Waals surface area contributed by atoms with Crippen molar-refractivity contribution >= 4 is 45.4 Å². The van der Waals surface area contributed by atoms with Gasteiger partial charge in [-0.3, -0.25) is 9.59 Å². The monoisotopic (exact) mass is 423 g/mol. The van der Waals surface area contributed by atoms with Gasteiger partial charge in [-0.25, -0.2) is 0 Å². The number of aromatic nitrogens is 1. The number of carbonyl (C=O) groups is 2. The molecule has 7 heteroatoms. The van der Waals surface area contributed by atoms with Crippen molar-refractivity contribution in [2.75, 3.05) is 6.54 Å². The van der Waals surface area contributed by atoms with E-state index in [1.165, 1.54) is 16.2 Å². The van der Waals surface area contributed by atoms with Gasteiger partial charge in [-0.1, -0.05) is 30.3 Å². The highest BCUT2D eigenvalue weighted by atomic mass is 32.1. The van der Waals surface area contributed by atoms with Crippen molar-refractivity contribution in [2.24, 2.45) is 0 Å². The molecule has 29 heavy (non-hydrogen) atoms. The van der Waals surface area contributed by atoms with Crippen molar-refractivity contribution in [3.63, 3.8) is 0 Å². The largest absolute Gasteiger partial charge is 0.361 e. The van der Waals surface area contributed by atoms with Gasteiger partial charge >= 0.3 is 0 Å². The molecule has 4 rings (SSSR count). The molecule has 0 radical (unpaired) electrons. The van der Waals surface area contributed by atoms with E-state index >= 15 is 0 Å². The zero-order valence-corrected chi connectivity index (χ0v) is 17.3. The molecule has 2 amide bonds. The number of aromatic amines is 1. The van der Waals surface area contributed by atoms with Crippen LogP contribution in [0, 0.1) is 0 Å². The predicted molar refractivity (Wildman–Crippen MR) is 119 cm³/mol. The molecule has 0 unspecified atom stereocenters. The molecule has 1 atom stereocenters. The van der Waals surface area contributed by atoms with Gasteiger partial charge in [0, 0.05) is 34.9 Å². The first-order chi connectivity index (χ1) is 14.2. The van der Waals surface area contributed by atoms with E-state index in [2.05, 4.69) is 21.7 Å². The van der Waals surface area contributed by atoms with Gasteiger partial charge in [0.1, 0.15) is 6.04 Å². The van der Waals surface area contributed by atoms with Gasteiger partial charge in [0.05, 0.1) is 4.88 Å². The molecule has 1 aromatic carbocycles. The lowest BCUT2D eigenvalue weighted by molar-refractivity contribution is -0.122. The fourth-order valence-electron chi connectivity index (χ4n) is 3.25. The van der Waals surface area contributed by atoms with E-state index in [1.807, 2.05) is 53.4 Å². The Morgan fingerprint density at radius 3 is 2.62 bits per heavy atom. The van der Waals surface area contributed by atoms with E-state index in [-0.39, 0.29) is 11.8 Å². The van der Waals surface area contributed by atoms with Crippen LogP contribution >= 0.6 is 22.7 Å². The fourth-order valence-corrected chi connectivity index (χ4v) is 4.59. The lowest BCUT2D eigenvalue weighted by Gasteiger charge is -2.18. The van der Waals surface area contributed by atoms with Crippen LogP contribution in [0.15, 0.2) is 65.5 Å². The van der Waals surface area contributed by atoms with Crippen molar-refractivity contribution in [3.8, 4) is 0 Å². The maximum absolute atomic E-state index is 12.9. The average Bonchev–Trinajstić information content (AvgIpc) is 3.49. The number of H-pyrrole nitrogens is 1. The van der Waals surface area contributed by atoms with E-state index in [0.717, 1.165) is 22.9 Å². The third-order valence-corrected chi connectivity index (χ3v) is 6.52. The summed E-state index contributed by atoms with van der Waals surface area (Å²) in [4.78, 5) is 30.6. The highest BCUT2D eigenvalue weighted by Crippen LogP contribution is 2.19. The molecule has 0 fully saturated rings. The number of para-hydroxylation sites is 1. The zero-order valence-electron chi connectivity index (χ0n) is 15.7.